The molecular weight excluding hydrogens is 270 g/mol. The van der Waals surface area contributed by atoms with E-state index in [1.54, 1.807) is 6.07 Å². The molecule has 0 saturated heterocycles. The van der Waals surface area contributed by atoms with Gasteiger partial charge in [0.15, 0.2) is 0 Å². The van der Waals surface area contributed by atoms with Gasteiger partial charge in [-0.25, -0.2) is 4.79 Å². The number of carboxylic acid groups (broad SMARTS) is 1. The summed E-state index contributed by atoms with van der Waals surface area (Å²) in [5, 5.41) is 14.8. The molecule has 1 aromatic heterocycles. The Morgan fingerprint density at radius 3 is 2.81 bits per heavy atom. The molecule has 0 aliphatic rings. The van der Waals surface area contributed by atoms with Gasteiger partial charge < -0.3 is 15.7 Å². The van der Waals surface area contributed by atoms with Gasteiger partial charge in [-0.05, 0) is 25.5 Å². The van der Waals surface area contributed by atoms with E-state index in [0.717, 1.165) is 16.6 Å². The zero-order chi connectivity index (χ0) is 15.2. The fraction of sp³-hybridized carbons (Fsp3) is 0.267. The van der Waals surface area contributed by atoms with Crippen LogP contribution in [0.1, 0.15) is 18.5 Å². The number of para-hydroxylation sites is 1. The van der Waals surface area contributed by atoms with Gasteiger partial charge in [-0.3, -0.25) is 9.78 Å². The Bertz CT molecular complexity index is 670. The van der Waals surface area contributed by atoms with Crippen LogP contribution >= 0.6 is 0 Å². The fourth-order valence-corrected chi connectivity index (χ4v) is 1.95. The highest BCUT2D eigenvalue weighted by Gasteiger charge is 2.06. The molecule has 2 aromatic rings. The van der Waals surface area contributed by atoms with Crippen LogP contribution in [0.5, 0.6) is 0 Å². The van der Waals surface area contributed by atoms with Crippen molar-refractivity contribution in [2.45, 2.75) is 19.8 Å². The molecule has 0 fully saturated rings. The summed E-state index contributed by atoms with van der Waals surface area (Å²) in [6, 6.07) is 9.06. The molecular formula is C15H17N3O3. The molecule has 1 heterocycles. The van der Waals surface area contributed by atoms with Crippen molar-refractivity contribution in [3.05, 3.63) is 36.0 Å². The molecule has 0 unspecified atom stereocenters. The average molecular weight is 287 g/mol. The average Bonchev–Trinajstić information content (AvgIpc) is 2.44. The maximum Gasteiger partial charge on any atom is 0.319 e. The minimum atomic E-state index is -0.870. The van der Waals surface area contributed by atoms with Crippen LogP contribution in [0, 0.1) is 6.92 Å². The third kappa shape index (κ3) is 4.17. The van der Waals surface area contributed by atoms with E-state index in [-0.39, 0.29) is 12.5 Å². The summed E-state index contributed by atoms with van der Waals surface area (Å²) >= 11 is 0. The number of aliphatic carboxylic acids is 1. The molecule has 110 valence electrons. The summed E-state index contributed by atoms with van der Waals surface area (Å²) in [6.45, 7) is 2.21. The maximum atomic E-state index is 11.8. The van der Waals surface area contributed by atoms with Crippen LogP contribution in [-0.4, -0.2) is 28.6 Å². The largest absolute Gasteiger partial charge is 0.481 e. The van der Waals surface area contributed by atoms with Crippen LogP contribution in [0.2, 0.25) is 0 Å². The van der Waals surface area contributed by atoms with Gasteiger partial charge in [0.25, 0.3) is 0 Å². The monoisotopic (exact) mass is 287 g/mol. The normalized spacial score (nSPS) is 10.3. The number of aromatic nitrogens is 1. The van der Waals surface area contributed by atoms with Crippen molar-refractivity contribution in [2.24, 2.45) is 0 Å². The van der Waals surface area contributed by atoms with E-state index in [1.807, 2.05) is 31.2 Å². The van der Waals surface area contributed by atoms with Gasteiger partial charge in [0, 0.05) is 24.0 Å². The van der Waals surface area contributed by atoms with Crippen molar-refractivity contribution in [1.29, 1.82) is 0 Å². The summed E-state index contributed by atoms with van der Waals surface area (Å²) in [5.74, 6) is -0.870. The second-order valence-corrected chi connectivity index (χ2v) is 4.71. The topological polar surface area (TPSA) is 91.3 Å². The second kappa shape index (κ2) is 6.69. The van der Waals surface area contributed by atoms with Crippen molar-refractivity contribution < 1.29 is 14.7 Å². The van der Waals surface area contributed by atoms with E-state index in [4.69, 9.17) is 5.11 Å². The first-order valence-electron chi connectivity index (χ1n) is 6.69. The highest BCUT2D eigenvalue weighted by molar-refractivity contribution is 5.99. The van der Waals surface area contributed by atoms with Crippen molar-refractivity contribution >= 4 is 28.6 Å². The number of anilines is 1. The van der Waals surface area contributed by atoms with E-state index in [1.165, 1.54) is 0 Å². The summed E-state index contributed by atoms with van der Waals surface area (Å²) in [4.78, 5) is 26.6. The van der Waals surface area contributed by atoms with Gasteiger partial charge in [-0.2, -0.15) is 0 Å². The Kier molecular flexibility index (Phi) is 4.71. The number of pyridine rings is 1. The lowest BCUT2D eigenvalue weighted by Gasteiger charge is -2.09. The van der Waals surface area contributed by atoms with E-state index >= 15 is 0 Å². The van der Waals surface area contributed by atoms with Gasteiger partial charge in [0.1, 0.15) is 0 Å². The zero-order valence-electron chi connectivity index (χ0n) is 11.7. The number of urea groups is 1. The minimum Gasteiger partial charge on any atom is -0.481 e. The molecule has 3 N–H and O–H groups in total. The molecule has 6 nitrogen and oxygen atoms in total. The second-order valence-electron chi connectivity index (χ2n) is 4.71. The van der Waals surface area contributed by atoms with Crippen LogP contribution < -0.4 is 10.6 Å². The first-order chi connectivity index (χ1) is 10.1. The minimum absolute atomic E-state index is 0.0370. The van der Waals surface area contributed by atoms with Crippen LogP contribution in [0.25, 0.3) is 10.9 Å². The molecule has 6 heteroatoms. The van der Waals surface area contributed by atoms with E-state index < -0.39 is 5.97 Å². The van der Waals surface area contributed by atoms with Gasteiger partial charge in [0.2, 0.25) is 0 Å². The number of aryl methyl sites for hydroxylation is 1. The molecule has 2 amide bonds. The highest BCUT2D eigenvalue weighted by Crippen LogP contribution is 2.21. The predicted molar refractivity (Wildman–Crippen MR) is 80.4 cm³/mol. The number of carbonyl (C=O) groups excluding carboxylic acids is 1. The van der Waals surface area contributed by atoms with E-state index in [2.05, 4.69) is 15.6 Å². The lowest BCUT2D eigenvalue weighted by Crippen LogP contribution is -2.29. The molecule has 0 aliphatic carbocycles. The van der Waals surface area contributed by atoms with E-state index in [0.29, 0.717) is 18.7 Å². The lowest BCUT2D eigenvalue weighted by molar-refractivity contribution is -0.137. The molecule has 0 atom stereocenters. The van der Waals surface area contributed by atoms with Gasteiger partial charge >= 0.3 is 12.0 Å². The number of carbonyl (C=O) groups is 2. The summed E-state index contributed by atoms with van der Waals surface area (Å²) < 4.78 is 0. The summed E-state index contributed by atoms with van der Waals surface area (Å²) in [6.07, 6.45) is 0.435. The molecule has 0 bridgehead atoms. The number of nitrogens with one attached hydrogen (secondary N) is 2. The molecule has 21 heavy (non-hydrogen) atoms. The standard InChI is InChI=1S/C15H17N3O3/c1-10-7-8-11-4-2-5-12(14(11)17-10)18-15(21)16-9-3-6-13(19)20/h2,4-5,7-8H,3,6,9H2,1H3,(H,19,20)(H2,16,18,21). The lowest BCUT2D eigenvalue weighted by atomic mass is 10.2. The first-order valence-corrected chi connectivity index (χ1v) is 6.69. The van der Waals surface area contributed by atoms with Crippen LogP contribution in [0.4, 0.5) is 10.5 Å². The van der Waals surface area contributed by atoms with Crippen molar-refractivity contribution in [3.8, 4) is 0 Å². The number of hydrogen-bond acceptors (Lipinski definition) is 3. The van der Waals surface area contributed by atoms with Crippen molar-refractivity contribution in [3.63, 3.8) is 0 Å². The number of benzene rings is 1. The number of carboxylic acids is 1. The Balaban J connectivity index is 2.01. The molecule has 0 saturated carbocycles. The van der Waals surface area contributed by atoms with Crippen LogP contribution in [0.15, 0.2) is 30.3 Å². The SMILES string of the molecule is Cc1ccc2cccc(NC(=O)NCCCC(=O)O)c2n1. The van der Waals surface area contributed by atoms with Crippen LogP contribution in [0.3, 0.4) is 0 Å². The third-order valence-electron chi connectivity index (χ3n) is 2.96. The smallest absolute Gasteiger partial charge is 0.319 e. The molecule has 1 aromatic carbocycles. The summed E-state index contributed by atoms with van der Waals surface area (Å²) in [7, 11) is 0. The van der Waals surface area contributed by atoms with Crippen molar-refractivity contribution in [2.75, 3.05) is 11.9 Å². The maximum absolute atomic E-state index is 11.8. The molecule has 0 radical (unpaired) electrons. The Morgan fingerprint density at radius 1 is 1.24 bits per heavy atom. The third-order valence-corrected chi connectivity index (χ3v) is 2.96. The Morgan fingerprint density at radius 2 is 2.05 bits per heavy atom. The number of nitrogens with zero attached hydrogens (tertiary/aromatic N) is 1. The zero-order valence-corrected chi connectivity index (χ0v) is 11.7. The summed E-state index contributed by atoms with van der Waals surface area (Å²) in [5.41, 5.74) is 2.24. The van der Waals surface area contributed by atoms with E-state index in [9.17, 15) is 9.59 Å². The molecule has 0 spiro atoms. The molecule has 0 aliphatic heterocycles. The fourth-order valence-electron chi connectivity index (χ4n) is 1.95. The number of fused-ring (bicyclic) bond motifs is 1. The highest BCUT2D eigenvalue weighted by atomic mass is 16.4. The van der Waals surface area contributed by atoms with Crippen LogP contribution in [-0.2, 0) is 4.79 Å². The van der Waals surface area contributed by atoms with Crippen molar-refractivity contribution in [1.82, 2.24) is 10.3 Å². The quantitative estimate of drug-likeness (QED) is 0.737. The van der Waals surface area contributed by atoms with Gasteiger partial charge in [-0.1, -0.05) is 18.2 Å². The number of amides is 2. The Labute approximate surface area is 122 Å². The predicted octanol–water partition coefficient (Wildman–Crippen LogP) is 2.53. The van der Waals surface area contributed by atoms with Gasteiger partial charge in [-0.15, -0.1) is 0 Å². The number of hydrogen-bond donors (Lipinski definition) is 3. The number of rotatable bonds is 5. The van der Waals surface area contributed by atoms with Gasteiger partial charge in [0.05, 0.1) is 11.2 Å². The first kappa shape index (κ1) is 14.8. The molecule has 2 rings (SSSR count). The Hall–Kier alpha value is -2.63.